The molecule has 1 aliphatic carbocycles. The number of aromatic nitrogens is 2. The van der Waals surface area contributed by atoms with Crippen molar-refractivity contribution < 1.29 is 5.11 Å². The summed E-state index contributed by atoms with van der Waals surface area (Å²) in [7, 11) is 0. The van der Waals surface area contributed by atoms with Crippen LogP contribution >= 0.6 is 0 Å². The van der Waals surface area contributed by atoms with Gasteiger partial charge in [0.1, 0.15) is 17.5 Å². The van der Waals surface area contributed by atoms with Gasteiger partial charge in [0.2, 0.25) is 0 Å². The average Bonchev–Trinajstić information content (AvgIpc) is 2.38. The van der Waals surface area contributed by atoms with Crippen LogP contribution in [0.3, 0.4) is 0 Å². The molecule has 1 fully saturated rings. The summed E-state index contributed by atoms with van der Waals surface area (Å²) in [6, 6.07) is 2.00. The van der Waals surface area contributed by atoms with Gasteiger partial charge in [-0.25, -0.2) is 15.8 Å². The first-order chi connectivity index (χ1) is 8.47. The summed E-state index contributed by atoms with van der Waals surface area (Å²) < 4.78 is 0. The van der Waals surface area contributed by atoms with Crippen LogP contribution in [0.5, 0.6) is 0 Å². The van der Waals surface area contributed by atoms with Crippen LogP contribution in [0, 0.1) is 5.41 Å². The molecule has 1 aromatic heterocycles. The third kappa shape index (κ3) is 2.26. The number of hydrazine groups is 1. The molecular weight excluding hydrogens is 230 g/mol. The Kier molecular flexibility index (Phi) is 3.41. The number of nitrogen functional groups attached to an aromatic ring is 1. The van der Waals surface area contributed by atoms with Gasteiger partial charge in [-0.1, -0.05) is 20.8 Å². The van der Waals surface area contributed by atoms with Crippen molar-refractivity contribution in [1.82, 2.24) is 9.97 Å². The zero-order valence-corrected chi connectivity index (χ0v) is 11.1. The topological polar surface area (TPSA) is 96.1 Å². The van der Waals surface area contributed by atoms with E-state index in [4.69, 9.17) is 5.84 Å². The molecule has 0 bridgehead atoms. The second-order valence-electron chi connectivity index (χ2n) is 5.32. The first-order valence-corrected chi connectivity index (χ1v) is 6.26. The molecule has 5 N–H and O–H groups in total. The molecular formula is C12H21N5O. The molecule has 0 aromatic carbocycles. The summed E-state index contributed by atoms with van der Waals surface area (Å²) in [5.74, 6) is 7.48. The van der Waals surface area contributed by atoms with E-state index in [1.807, 2.05) is 20.8 Å². The van der Waals surface area contributed by atoms with E-state index in [0.717, 1.165) is 24.5 Å². The standard InChI is InChI=1S/C12H21N5O/c1-4-9-15-10(6-11(16-9)17-13)14-7-5-8(18)12(7,2)3/h6-8,18H,4-5,13H2,1-3H3,(H2,14,15,16,17). The fourth-order valence-electron chi connectivity index (χ4n) is 2.13. The molecule has 1 heterocycles. The molecule has 0 spiro atoms. The predicted octanol–water partition coefficient (Wildman–Crippen LogP) is 0.896. The van der Waals surface area contributed by atoms with Gasteiger partial charge in [0.25, 0.3) is 0 Å². The van der Waals surface area contributed by atoms with Gasteiger partial charge in [-0.2, -0.15) is 0 Å². The highest BCUT2D eigenvalue weighted by Gasteiger charge is 2.47. The van der Waals surface area contributed by atoms with Crippen molar-refractivity contribution in [3.8, 4) is 0 Å². The van der Waals surface area contributed by atoms with Crippen molar-refractivity contribution in [3.05, 3.63) is 11.9 Å². The Bertz CT molecular complexity index is 412. The van der Waals surface area contributed by atoms with Crippen molar-refractivity contribution in [1.29, 1.82) is 0 Å². The number of nitrogens with zero attached hydrogens (tertiary/aromatic N) is 2. The predicted molar refractivity (Wildman–Crippen MR) is 71.0 cm³/mol. The first kappa shape index (κ1) is 13.0. The third-order valence-corrected chi connectivity index (χ3v) is 3.77. The average molecular weight is 251 g/mol. The summed E-state index contributed by atoms with van der Waals surface area (Å²) in [6.07, 6.45) is 1.24. The molecule has 0 amide bonds. The van der Waals surface area contributed by atoms with Gasteiger partial charge in [-0.3, -0.25) is 0 Å². The minimum Gasteiger partial charge on any atom is -0.392 e. The smallest absolute Gasteiger partial charge is 0.145 e. The number of anilines is 2. The van der Waals surface area contributed by atoms with Crippen LogP contribution in [0.1, 0.15) is 33.0 Å². The molecule has 2 unspecified atom stereocenters. The van der Waals surface area contributed by atoms with Crippen molar-refractivity contribution in [3.63, 3.8) is 0 Å². The van der Waals surface area contributed by atoms with Crippen molar-refractivity contribution >= 4 is 11.6 Å². The molecule has 1 aliphatic rings. The zero-order chi connectivity index (χ0) is 13.3. The largest absolute Gasteiger partial charge is 0.392 e. The number of aliphatic hydroxyl groups excluding tert-OH is 1. The van der Waals surface area contributed by atoms with Gasteiger partial charge in [-0.05, 0) is 6.42 Å². The van der Waals surface area contributed by atoms with Crippen LogP contribution in [0.4, 0.5) is 11.6 Å². The van der Waals surface area contributed by atoms with Gasteiger partial charge in [0.15, 0.2) is 0 Å². The molecule has 0 aliphatic heterocycles. The highest BCUT2D eigenvalue weighted by atomic mass is 16.3. The van der Waals surface area contributed by atoms with Gasteiger partial charge in [0, 0.05) is 23.9 Å². The third-order valence-electron chi connectivity index (χ3n) is 3.77. The van der Waals surface area contributed by atoms with Crippen LogP contribution in [0.2, 0.25) is 0 Å². The Labute approximate surface area is 107 Å². The molecule has 2 rings (SSSR count). The van der Waals surface area contributed by atoms with E-state index in [2.05, 4.69) is 20.7 Å². The molecule has 100 valence electrons. The number of aliphatic hydroxyl groups is 1. The molecule has 1 aromatic rings. The van der Waals surface area contributed by atoms with Crippen LogP contribution < -0.4 is 16.6 Å². The monoisotopic (exact) mass is 251 g/mol. The van der Waals surface area contributed by atoms with Crippen LogP contribution in [-0.2, 0) is 6.42 Å². The number of rotatable bonds is 4. The summed E-state index contributed by atoms with van der Waals surface area (Å²) in [5.41, 5.74) is 2.41. The molecule has 1 saturated carbocycles. The Balaban J connectivity index is 2.14. The van der Waals surface area contributed by atoms with Crippen LogP contribution in [0.25, 0.3) is 0 Å². The molecule has 6 heteroatoms. The molecule has 0 radical (unpaired) electrons. The fourth-order valence-corrected chi connectivity index (χ4v) is 2.13. The van der Waals surface area contributed by atoms with E-state index in [1.165, 1.54) is 0 Å². The number of nitrogens with two attached hydrogens (primary N) is 1. The van der Waals surface area contributed by atoms with E-state index < -0.39 is 0 Å². The number of hydrogen-bond donors (Lipinski definition) is 4. The minimum absolute atomic E-state index is 0.131. The molecule has 6 nitrogen and oxygen atoms in total. The van der Waals surface area contributed by atoms with E-state index in [1.54, 1.807) is 6.07 Å². The summed E-state index contributed by atoms with van der Waals surface area (Å²) in [6.45, 7) is 6.09. The normalized spacial score (nSPS) is 25.4. The van der Waals surface area contributed by atoms with E-state index >= 15 is 0 Å². The maximum Gasteiger partial charge on any atom is 0.145 e. The molecule has 18 heavy (non-hydrogen) atoms. The second kappa shape index (κ2) is 4.70. The van der Waals surface area contributed by atoms with Crippen LogP contribution in [-0.4, -0.2) is 27.2 Å². The van der Waals surface area contributed by atoms with Gasteiger partial charge in [0.05, 0.1) is 6.10 Å². The van der Waals surface area contributed by atoms with Gasteiger partial charge in [-0.15, -0.1) is 0 Å². The minimum atomic E-state index is -0.255. The molecule has 2 atom stereocenters. The number of hydrogen-bond acceptors (Lipinski definition) is 6. The lowest BCUT2D eigenvalue weighted by Crippen LogP contribution is -2.57. The number of aryl methyl sites for hydroxylation is 1. The Morgan fingerprint density at radius 3 is 2.61 bits per heavy atom. The maximum atomic E-state index is 9.72. The van der Waals surface area contributed by atoms with E-state index in [-0.39, 0.29) is 17.6 Å². The Morgan fingerprint density at radius 2 is 2.11 bits per heavy atom. The highest BCUT2D eigenvalue weighted by molar-refractivity contribution is 5.48. The Hall–Kier alpha value is -1.40. The fraction of sp³-hybridized carbons (Fsp3) is 0.667. The highest BCUT2D eigenvalue weighted by Crippen LogP contribution is 2.42. The lowest BCUT2D eigenvalue weighted by Gasteiger charge is -2.49. The zero-order valence-electron chi connectivity index (χ0n) is 11.1. The lowest BCUT2D eigenvalue weighted by atomic mass is 9.64. The van der Waals surface area contributed by atoms with Crippen molar-refractivity contribution in [2.24, 2.45) is 11.3 Å². The van der Waals surface area contributed by atoms with Gasteiger partial charge < -0.3 is 15.8 Å². The second-order valence-corrected chi connectivity index (χ2v) is 5.32. The lowest BCUT2D eigenvalue weighted by molar-refractivity contribution is -0.0511. The summed E-state index contributed by atoms with van der Waals surface area (Å²) in [5, 5.41) is 13.1. The SMILES string of the molecule is CCc1nc(NN)cc(NC2CC(O)C2(C)C)n1. The van der Waals surface area contributed by atoms with Crippen LogP contribution in [0.15, 0.2) is 6.07 Å². The Morgan fingerprint density at radius 1 is 1.44 bits per heavy atom. The number of nitrogens with one attached hydrogen (secondary N) is 2. The maximum absolute atomic E-state index is 9.72. The summed E-state index contributed by atoms with van der Waals surface area (Å²) in [4.78, 5) is 8.65. The quantitative estimate of drug-likeness (QED) is 0.469. The van der Waals surface area contributed by atoms with Crippen molar-refractivity contribution in [2.75, 3.05) is 10.7 Å². The van der Waals surface area contributed by atoms with E-state index in [0.29, 0.717) is 5.82 Å². The van der Waals surface area contributed by atoms with Crippen molar-refractivity contribution in [2.45, 2.75) is 45.8 Å². The van der Waals surface area contributed by atoms with E-state index in [9.17, 15) is 5.11 Å². The summed E-state index contributed by atoms with van der Waals surface area (Å²) >= 11 is 0. The first-order valence-electron chi connectivity index (χ1n) is 6.26. The van der Waals surface area contributed by atoms with Gasteiger partial charge >= 0.3 is 0 Å². The molecule has 0 saturated heterocycles.